The molecule has 0 aliphatic carbocycles. The van der Waals surface area contributed by atoms with Crippen molar-refractivity contribution in [3.8, 4) is 17.2 Å². The Bertz CT molecular complexity index is 808. The normalized spacial score (nSPS) is 9.86. The average molecular weight is 380 g/mol. The van der Waals surface area contributed by atoms with Crippen molar-refractivity contribution in [1.29, 1.82) is 0 Å². The van der Waals surface area contributed by atoms with Crippen LogP contribution in [0, 0.1) is 0 Å². The third-order valence-electron chi connectivity index (χ3n) is 3.76. The second-order valence-corrected chi connectivity index (χ2v) is 5.85. The fourth-order valence-electron chi connectivity index (χ4n) is 2.24. The van der Waals surface area contributed by atoms with Gasteiger partial charge in [0.1, 0.15) is 12.4 Å². The fourth-order valence-corrected chi connectivity index (χ4v) is 2.24. The zero-order valence-electron chi connectivity index (χ0n) is 16.1. The molecular weight excluding hydrogens is 355 g/mol. The van der Waals surface area contributed by atoms with Gasteiger partial charge in [0.2, 0.25) is 0 Å². The first-order valence-corrected chi connectivity index (χ1v) is 9.02. The van der Waals surface area contributed by atoms with E-state index >= 15 is 0 Å². The molecular formula is C22H25BO5. The maximum absolute atomic E-state index is 9.37. The summed E-state index contributed by atoms with van der Waals surface area (Å²) < 4.78 is 16.2. The summed E-state index contributed by atoms with van der Waals surface area (Å²) >= 11 is 0. The van der Waals surface area contributed by atoms with Gasteiger partial charge in [0.05, 0.1) is 0 Å². The van der Waals surface area contributed by atoms with Crippen molar-refractivity contribution in [2.45, 2.75) is 13.5 Å². The van der Waals surface area contributed by atoms with Crippen molar-refractivity contribution >= 4 is 12.6 Å². The van der Waals surface area contributed by atoms with Gasteiger partial charge in [-0.1, -0.05) is 54.6 Å². The number of methoxy groups -OCH3 is 1. The van der Waals surface area contributed by atoms with Crippen LogP contribution < -0.4 is 14.9 Å². The highest BCUT2D eigenvalue weighted by Crippen LogP contribution is 2.31. The van der Waals surface area contributed by atoms with Gasteiger partial charge in [-0.05, 0) is 42.2 Å². The van der Waals surface area contributed by atoms with Gasteiger partial charge >= 0.3 is 7.12 Å². The van der Waals surface area contributed by atoms with E-state index in [4.69, 9.17) is 9.47 Å². The predicted octanol–water partition coefficient (Wildman–Crippen LogP) is 3.39. The van der Waals surface area contributed by atoms with E-state index in [1.165, 1.54) is 0 Å². The molecule has 0 fully saturated rings. The van der Waals surface area contributed by atoms with Crippen LogP contribution in [-0.4, -0.2) is 30.9 Å². The Morgan fingerprint density at radius 3 is 2.00 bits per heavy atom. The first-order chi connectivity index (χ1) is 13.6. The lowest BCUT2D eigenvalue weighted by molar-refractivity contribution is 0.215. The lowest BCUT2D eigenvalue weighted by Crippen LogP contribution is -2.29. The number of para-hydroxylation sites is 1. The van der Waals surface area contributed by atoms with Crippen LogP contribution in [-0.2, 0) is 11.3 Å². The summed E-state index contributed by atoms with van der Waals surface area (Å²) in [4.78, 5) is 0. The summed E-state index contributed by atoms with van der Waals surface area (Å²) in [7, 11) is 0.117. The molecule has 5 nitrogen and oxygen atoms in total. The van der Waals surface area contributed by atoms with E-state index in [2.05, 4.69) is 4.74 Å². The predicted molar refractivity (Wildman–Crippen MR) is 111 cm³/mol. The van der Waals surface area contributed by atoms with Gasteiger partial charge in [-0.15, -0.1) is 0 Å². The Kier molecular flexibility index (Phi) is 9.08. The zero-order valence-corrected chi connectivity index (χ0v) is 16.1. The quantitative estimate of drug-likeness (QED) is 0.615. The van der Waals surface area contributed by atoms with Gasteiger partial charge in [0, 0.05) is 13.7 Å². The molecule has 3 aromatic carbocycles. The maximum Gasteiger partial charge on any atom is 0.488 e. The number of ether oxygens (including phenoxy) is 3. The van der Waals surface area contributed by atoms with Crippen LogP contribution in [0.3, 0.4) is 0 Å². The van der Waals surface area contributed by atoms with Gasteiger partial charge in [0.15, 0.2) is 11.5 Å². The fraction of sp³-hybridized carbons (Fsp3) is 0.182. The molecule has 2 N–H and O–H groups in total. The van der Waals surface area contributed by atoms with Crippen molar-refractivity contribution in [3.05, 3.63) is 84.4 Å². The van der Waals surface area contributed by atoms with Crippen LogP contribution in [0.15, 0.2) is 78.9 Å². The molecule has 0 saturated carbocycles. The maximum atomic E-state index is 9.37. The number of benzene rings is 3. The molecule has 0 aliphatic heterocycles. The van der Waals surface area contributed by atoms with Crippen LogP contribution in [0.1, 0.15) is 12.5 Å². The van der Waals surface area contributed by atoms with Gasteiger partial charge in [-0.2, -0.15) is 0 Å². The smallest absolute Gasteiger partial charge is 0.485 e. The van der Waals surface area contributed by atoms with Crippen LogP contribution in [0.5, 0.6) is 17.2 Å². The monoisotopic (exact) mass is 380 g/mol. The van der Waals surface area contributed by atoms with Crippen molar-refractivity contribution in [1.82, 2.24) is 0 Å². The minimum Gasteiger partial charge on any atom is -0.485 e. The van der Waals surface area contributed by atoms with Gasteiger partial charge in [-0.25, -0.2) is 0 Å². The van der Waals surface area contributed by atoms with E-state index in [0.29, 0.717) is 29.3 Å². The zero-order chi connectivity index (χ0) is 20.2. The van der Waals surface area contributed by atoms with E-state index in [9.17, 15) is 10.0 Å². The molecule has 0 spiro atoms. The van der Waals surface area contributed by atoms with Crippen LogP contribution in [0.4, 0.5) is 0 Å². The van der Waals surface area contributed by atoms with Crippen molar-refractivity contribution in [2.24, 2.45) is 0 Å². The van der Waals surface area contributed by atoms with Gasteiger partial charge in [0.25, 0.3) is 0 Å². The third kappa shape index (κ3) is 7.08. The van der Waals surface area contributed by atoms with E-state index in [0.717, 1.165) is 12.2 Å². The Hall–Kier alpha value is -2.80. The highest BCUT2D eigenvalue weighted by atomic mass is 16.5. The number of hydrogen-bond acceptors (Lipinski definition) is 5. The van der Waals surface area contributed by atoms with Gasteiger partial charge in [-0.3, -0.25) is 0 Å². The molecule has 6 heteroatoms. The van der Waals surface area contributed by atoms with Crippen LogP contribution in [0.2, 0.25) is 0 Å². The van der Waals surface area contributed by atoms with E-state index in [1.807, 2.05) is 67.6 Å². The Balaban J connectivity index is 0.000000640. The average Bonchev–Trinajstić information content (AvgIpc) is 2.74. The topological polar surface area (TPSA) is 68.2 Å². The first kappa shape index (κ1) is 21.5. The molecule has 0 atom stereocenters. The molecule has 0 unspecified atom stereocenters. The molecule has 0 saturated heterocycles. The van der Waals surface area contributed by atoms with Gasteiger partial charge < -0.3 is 24.3 Å². The summed E-state index contributed by atoms with van der Waals surface area (Å²) in [5.74, 6) is 1.61. The Morgan fingerprint density at radius 2 is 1.43 bits per heavy atom. The lowest BCUT2D eigenvalue weighted by atomic mass is 9.80. The highest BCUT2D eigenvalue weighted by Gasteiger charge is 2.15. The van der Waals surface area contributed by atoms with E-state index in [1.54, 1.807) is 25.3 Å². The van der Waals surface area contributed by atoms with Crippen molar-refractivity contribution in [3.63, 3.8) is 0 Å². The minimum absolute atomic E-state index is 0.341. The molecule has 28 heavy (non-hydrogen) atoms. The minimum atomic E-state index is -1.56. The van der Waals surface area contributed by atoms with Crippen LogP contribution >= 0.6 is 0 Å². The summed E-state index contributed by atoms with van der Waals surface area (Å²) in [6, 6.07) is 23.9. The summed E-state index contributed by atoms with van der Waals surface area (Å²) in [5, 5.41) is 18.7. The highest BCUT2D eigenvalue weighted by molar-refractivity contribution is 6.58. The number of rotatable bonds is 7. The molecule has 0 heterocycles. The third-order valence-corrected chi connectivity index (χ3v) is 3.76. The Morgan fingerprint density at radius 1 is 0.821 bits per heavy atom. The molecule has 0 amide bonds. The van der Waals surface area contributed by atoms with Crippen LogP contribution in [0.25, 0.3) is 0 Å². The van der Waals surface area contributed by atoms with E-state index in [-0.39, 0.29) is 0 Å². The largest absolute Gasteiger partial charge is 0.488 e. The second-order valence-electron chi connectivity index (χ2n) is 5.85. The van der Waals surface area contributed by atoms with E-state index < -0.39 is 7.12 Å². The summed E-state index contributed by atoms with van der Waals surface area (Å²) in [6.45, 7) is 3.17. The lowest BCUT2D eigenvalue weighted by Gasteiger charge is -2.14. The number of hydrogen-bond donors (Lipinski definition) is 2. The second kappa shape index (κ2) is 11.8. The molecule has 3 aromatic rings. The summed E-state index contributed by atoms with van der Waals surface area (Å²) in [5.41, 5.74) is 1.38. The Labute approximate surface area is 166 Å². The molecule has 0 bridgehead atoms. The first-order valence-electron chi connectivity index (χ1n) is 9.02. The summed E-state index contributed by atoms with van der Waals surface area (Å²) in [6.07, 6.45) is 0. The molecule has 146 valence electrons. The SMILES string of the molecule is CCOC.OB(O)c1ccc(OCc2ccccc2)c(Oc2ccccc2)c1. The van der Waals surface area contributed by atoms with Crippen molar-refractivity contribution < 1.29 is 24.3 Å². The standard InChI is InChI=1S/C19H17BO4.C3H8O/c21-20(22)16-11-12-18(23-14-15-7-3-1-4-8-15)19(13-16)24-17-9-5-2-6-10-17;1-3-4-2/h1-13,21-22H,14H2;3H2,1-2H3. The van der Waals surface area contributed by atoms with Crippen molar-refractivity contribution in [2.75, 3.05) is 13.7 Å². The molecule has 3 rings (SSSR count). The molecule has 0 aromatic heterocycles. The molecule has 0 radical (unpaired) electrons. The molecule has 0 aliphatic rings.